The van der Waals surface area contributed by atoms with E-state index in [1.54, 1.807) is 0 Å². The molecule has 1 saturated heterocycles. The minimum Gasteiger partial charge on any atom is -0.411 e. The van der Waals surface area contributed by atoms with Crippen molar-refractivity contribution in [3.05, 3.63) is 0 Å². The second-order valence-corrected chi connectivity index (χ2v) is 4.90. The Morgan fingerprint density at radius 2 is 1.85 bits per heavy atom. The number of piperidine rings is 1. The van der Waals surface area contributed by atoms with Crippen LogP contribution in [0.2, 0.25) is 0 Å². The van der Waals surface area contributed by atoms with Gasteiger partial charge in [-0.2, -0.15) is 0 Å². The highest BCUT2D eigenvalue weighted by molar-refractivity contribution is 5.91. The first-order chi connectivity index (χ1) is 5.84. The maximum Gasteiger partial charge on any atom is 0.0657 e. The summed E-state index contributed by atoms with van der Waals surface area (Å²) in [4.78, 5) is 2.32. The van der Waals surface area contributed by atoms with Crippen LogP contribution < -0.4 is 0 Å². The van der Waals surface area contributed by atoms with Gasteiger partial charge in [0.15, 0.2) is 0 Å². The normalized spacial score (nSPS) is 30.7. The molecule has 0 saturated carbocycles. The van der Waals surface area contributed by atoms with Crippen molar-refractivity contribution in [1.29, 1.82) is 0 Å². The molecule has 0 radical (unpaired) electrons. The Morgan fingerprint density at radius 3 is 2.31 bits per heavy atom. The summed E-state index contributed by atoms with van der Waals surface area (Å²) < 4.78 is 0. The summed E-state index contributed by atoms with van der Waals surface area (Å²) in [6.07, 6.45) is 0.865. The van der Waals surface area contributed by atoms with Crippen molar-refractivity contribution in [2.24, 2.45) is 10.6 Å². The third kappa shape index (κ3) is 1.35. The van der Waals surface area contributed by atoms with Crippen molar-refractivity contribution in [3.8, 4) is 0 Å². The quantitative estimate of drug-likeness (QED) is 0.461. The topological polar surface area (TPSA) is 35.8 Å². The van der Waals surface area contributed by atoms with Crippen molar-refractivity contribution in [3.63, 3.8) is 0 Å². The number of hydrogen-bond acceptors (Lipinski definition) is 3. The van der Waals surface area contributed by atoms with Crippen molar-refractivity contribution in [2.75, 3.05) is 13.6 Å². The molecule has 76 valence electrons. The molecule has 0 aromatic rings. The van der Waals surface area contributed by atoms with Crippen LogP contribution in [0.5, 0.6) is 0 Å². The predicted octanol–water partition coefficient (Wildman–Crippen LogP) is 1.96. The number of rotatable bonds is 0. The summed E-state index contributed by atoms with van der Waals surface area (Å²) in [7, 11) is 2.12. The van der Waals surface area contributed by atoms with Crippen molar-refractivity contribution < 1.29 is 5.21 Å². The highest BCUT2D eigenvalue weighted by Crippen LogP contribution is 2.40. The molecule has 3 heteroatoms. The van der Waals surface area contributed by atoms with E-state index in [1.165, 1.54) is 0 Å². The molecule has 1 aliphatic rings. The van der Waals surface area contributed by atoms with Crippen molar-refractivity contribution in [2.45, 2.75) is 39.7 Å². The van der Waals surface area contributed by atoms with Gasteiger partial charge in [0.2, 0.25) is 0 Å². The lowest BCUT2D eigenvalue weighted by Crippen LogP contribution is -2.60. The third-order valence-corrected chi connectivity index (χ3v) is 4.01. The van der Waals surface area contributed by atoms with Crippen LogP contribution in [0.4, 0.5) is 0 Å². The van der Waals surface area contributed by atoms with Crippen LogP contribution in [-0.2, 0) is 0 Å². The Balaban J connectivity index is 3.06. The van der Waals surface area contributed by atoms with Gasteiger partial charge in [0.05, 0.1) is 5.71 Å². The molecule has 1 N–H and O–H groups in total. The molecule has 1 heterocycles. The summed E-state index contributed by atoms with van der Waals surface area (Å²) in [5.74, 6) is 0. The van der Waals surface area contributed by atoms with E-state index in [-0.39, 0.29) is 11.0 Å². The number of likely N-dealkylation sites (tertiary alicyclic amines) is 1. The van der Waals surface area contributed by atoms with E-state index in [0.29, 0.717) is 0 Å². The van der Waals surface area contributed by atoms with E-state index in [2.05, 4.69) is 44.8 Å². The largest absolute Gasteiger partial charge is 0.411 e. The Labute approximate surface area is 80.4 Å². The maximum absolute atomic E-state index is 8.91. The molecule has 0 spiro atoms. The van der Waals surface area contributed by atoms with E-state index in [4.69, 9.17) is 5.21 Å². The SMILES string of the molecule is CN1CCC(=NO)C(C)(C)C1(C)C. The summed E-state index contributed by atoms with van der Waals surface area (Å²) in [5.41, 5.74) is 0.900. The van der Waals surface area contributed by atoms with Crippen LogP contribution in [0.3, 0.4) is 0 Å². The Bertz CT molecular complexity index is 231. The lowest BCUT2D eigenvalue weighted by Gasteiger charge is -2.52. The molecule has 0 unspecified atom stereocenters. The Hall–Kier alpha value is -0.570. The molecular formula is C10H20N2O. The highest BCUT2D eigenvalue weighted by atomic mass is 16.4. The molecule has 0 aromatic carbocycles. The highest BCUT2D eigenvalue weighted by Gasteiger charge is 2.47. The van der Waals surface area contributed by atoms with Crippen molar-refractivity contribution in [1.82, 2.24) is 4.90 Å². The zero-order valence-electron chi connectivity index (χ0n) is 9.26. The maximum atomic E-state index is 8.91. The predicted molar refractivity (Wildman–Crippen MR) is 54.3 cm³/mol. The molecule has 0 aromatic heterocycles. The first kappa shape index (κ1) is 10.5. The Kier molecular flexibility index (Phi) is 2.41. The smallest absolute Gasteiger partial charge is 0.0657 e. The first-order valence-corrected chi connectivity index (χ1v) is 4.76. The summed E-state index contributed by atoms with van der Waals surface area (Å²) in [6, 6.07) is 0. The second kappa shape index (κ2) is 2.98. The first-order valence-electron chi connectivity index (χ1n) is 4.76. The summed E-state index contributed by atoms with van der Waals surface area (Å²) in [6.45, 7) is 9.62. The minimum atomic E-state index is -0.0608. The summed E-state index contributed by atoms with van der Waals surface area (Å²) >= 11 is 0. The zero-order chi connectivity index (χ0) is 10.3. The third-order valence-electron chi connectivity index (χ3n) is 4.01. The number of hydrogen-bond donors (Lipinski definition) is 1. The van der Waals surface area contributed by atoms with Gasteiger partial charge in [-0.15, -0.1) is 0 Å². The van der Waals surface area contributed by atoms with Crippen LogP contribution in [-0.4, -0.2) is 35.0 Å². The van der Waals surface area contributed by atoms with Crippen LogP contribution in [0.1, 0.15) is 34.1 Å². The fourth-order valence-electron chi connectivity index (χ4n) is 1.87. The average molecular weight is 184 g/mol. The average Bonchev–Trinajstić information content (AvgIpc) is 2.02. The van der Waals surface area contributed by atoms with E-state index < -0.39 is 0 Å². The molecule has 3 nitrogen and oxygen atoms in total. The molecule has 0 bridgehead atoms. The summed E-state index contributed by atoms with van der Waals surface area (Å²) in [5, 5.41) is 12.3. The van der Waals surface area contributed by atoms with Gasteiger partial charge in [-0.3, -0.25) is 4.90 Å². The van der Waals surface area contributed by atoms with E-state index >= 15 is 0 Å². The molecule has 0 atom stereocenters. The second-order valence-electron chi connectivity index (χ2n) is 4.90. The van der Waals surface area contributed by atoms with Gasteiger partial charge in [-0.1, -0.05) is 19.0 Å². The van der Waals surface area contributed by atoms with Crippen LogP contribution in [0.25, 0.3) is 0 Å². The number of nitrogens with zero attached hydrogens (tertiary/aromatic N) is 2. The lowest BCUT2D eigenvalue weighted by molar-refractivity contribution is 0.0541. The Morgan fingerprint density at radius 1 is 1.31 bits per heavy atom. The van der Waals surface area contributed by atoms with Gasteiger partial charge in [0, 0.05) is 23.9 Å². The van der Waals surface area contributed by atoms with Gasteiger partial charge in [-0.05, 0) is 20.9 Å². The zero-order valence-corrected chi connectivity index (χ0v) is 9.26. The van der Waals surface area contributed by atoms with Gasteiger partial charge in [0.1, 0.15) is 0 Å². The van der Waals surface area contributed by atoms with Gasteiger partial charge < -0.3 is 5.21 Å². The van der Waals surface area contributed by atoms with Gasteiger partial charge in [0.25, 0.3) is 0 Å². The molecule has 1 rings (SSSR count). The van der Waals surface area contributed by atoms with Crippen molar-refractivity contribution >= 4 is 5.71 Å². The van der Waals surface area contributed by atoms with Crippen LogP contribution >= 0.6 is 0 Å². The van der Waals surface area contributed by atoms with E-state index in [1.807, 2.05) is 0 Å². The van der Waals surface area contributed by atoms with Crippen LogP contribution in [0.15, 0.2) is 5.16 Å². The fraction of sp³-hybridized carbons (Fsp3) is 0.900. The molecule has 1 fully saturated rings. The lowest BCUT2D eigenvalue weighted by atomic mass is 9.67. The molecule has 1 aliphatic heterocycles. The molecule has 13 heavy (non-hydrogen) atoms. The van der Waals surface area contributed by atoms with Gasteiger partial charge >= 0.3 is 0 Å². The number of oxime groups is 1. The van der Waals surface area contributed by atoms with Gasteiger partial charge in [-0.25, -0.2) is 0 Å². The minimum absolute atomic E-state index is 0.0484. The van der Waals surface area contributed by atoms with E-state index in [0.717, 1.165) is 18.7 Å². The standard InChI is InChI=1S/C10H20N2O/c1-9(2)8(11-13)6-7-12(5)10(9,3)4/h13H,6-7H2,1-5H3. The molecule has 0 amide bonds. The van der Waals surface area contributed by atoms with E-state index in [9.17, 15) is 0 Å². The fourth-order valence-corrected chi connectivity index (χ4v) is 1.87. The molecular weight excluding hydrogens is 164 g/mol. The molecule has 0 aliphatic carbocycles. The van der Waals surface area contributed by atoms with Crippen LogP contribution in [0, 0.1) is 5.41 Å². The monoisotopic (exact) mass is 184 g/mol.